The van der Waals surface area contributed by atoms with Gasteiger partial charge in [0.2, 0.25) is 0 Å². The third-order valence-corrected chi connectivity index (χ3v) is 6.13. The molecule has 6 rings (SSSR count). The van der Waals surface area contributed by atoms with Gasteiger partial charge in [-0.3, -0.25) is 0 Å². The first-order chi connectivity index (χ1) is 13.3. The van der Waals surface area contributed by atoms with Gasteiger partial charge in [0, 0.05) is 52.0 Å². The number of benzene rings is 3. The topological polar surface area (TPSA) is 32.8 Å². The lowest BCUT2D eigenvalue weighted by Crippen LogP contribution is -2.30. The van der Waals surface area contributed by atoms with Crippen molar-refractivity contribution in [3.63, 3.8) is 0 Å². The number of hydrogen-bond acceptors (Lipinski definition) is 1. The highest BCUT2D eigenvalue weighted by Crippen LogP contribution is 2.36. The molecule has 1 aliphatic heterocycles. The first-order valence-corrected chi connectivity index (χ1v) is 9.61. The van der Waals surface area contributed by atoms with Crippen molar-refractivity contribution in [2.75, 3.05) is 6.54 Å². The smallest absolute Gasteiger partial charge is 0.0732 e. The molecule has 3 aromatic carbocycles. The number of fused-ring (bicyclic) bond motifs is 6. The van der Waals surface area contributed by atoms with E-state index >= 15 is 0 Å². The van der Waals surface area contributed by atoms with Crippen LogP contribution < -0.4 is 5.32 Å². The molecule has 132 valence electrons. The Balaban J connectivity index is 1.58. The van der Waals surface area contributed by atoms with Crippen molar-refractivity contribution in [1.29, 1.82) is 0 Å². The molecule has 3 heteroatoms. The molecule has 27 heavy (non-hydrogen) atoms. The van der Waals surface area contributed by atoms with E-state index in [1.807, 2.05) is 0 Å². The van der Waals surface area contributed by atoms with Crippen LogP contribution in [0.3, 0.4) is 0 Å². The van der Waals surface area contributed by atoms with Gasteiger partial charge in [0.15, 0.2) is 0 Å². The van der Waals surface area contributed by atoms with Gasteiger partial charge < -0.3 is 14.9 Å². The van der Waals surface area contributed by atoms with E-state index < -0.39 is 0 Å². The van der Waals surface area contributed by atoms with E-state index in [4.69, 9.17) is 0 Å². The summed E-state index contributed by atoms with van der Waals surface area (Å²) < 4.78 is 2.29. The molecule has 0 fully saturated rings. The molecule has 0 saturated heterocycles. The number of rotatable bonds is 1. The number of nitrogens with one attached hydrogen (secondary N) is 2. The fraction of sp³-hybridized carbons (Fsp3) is 0.167. The zero-order valence-corrected chi connectivity index (χ0v) is 15.3. The molecule has 5 aromatic rings. The molecule has 3 heterocycles. The van der Waals surface area contributed by atoms with Crippen LogP contribution in [-0.4, -0.2) is 16.1 Å². The van der Waals surface area contributed by atoms with Crippen LogP contribution in [0.2, 0.25) is 0 Å². The van der Waals surface area contributed by atoms with E-state index in [1.54, 1.807) is 0 Å². The van der Waals surface area contributed by atoms with Crippen molar-refractivity contribution in [2.45, 2.75) is 12.5 Å². The summed E-state index contributed by atoms with van der Waals surface area (Å²) in [7, 11) is 2.15. The Labute approximate surface area is 157 Å². The fourth-order valence-electron chi connectivity index (χ4n) is 4.83. The van der Waals surface area contributed by atoms with Crippen LogP contribution >= 0.6 is 0 Å². The van der Waals surface area contributed by atoms with Crippen LogP contribution in [0.25, 0.3) is 32.7 Å². The largest absolute Gasteiger partial charge is 0.357 e. The predicted molar refractivity (Wildman–Crippen MR) is 112 cm³/mol. The predicted octanol–water partition coefficient (Wildman–Crippen LogP) is 5.05. The highest BCUT2D eigenvalue weighted by atomic mass is 15.0. The molecule has 0 unspecified atom stereocenters. The minimum Gasteiger partial charge on any atom is -0.357 e. The van der Waals surface area contributed by atoms with E-state index in [9.17, 15) is 0 Å². The lowest BCUT2D eigenvalue weighted by Gasteiger charge is -2.25. The number of aromatic nitrogens is 2. The second-order valence-electron chi connectivity index (χ2n) is 7.55. The summed E-state index contributed by atoms with van der Waals surface area (Å²) in [6.07, 6.45) is 1.08. The number of aryl methyl sites for hydroxylation is 1. The average molecular weight is 351 g/mol. The molecule has 2 N–H and O–H groups in total. The maximum absolute atomic E-state index is 3.73. The molecule has 0 spiro atoms. The van der Waals surface area contributed by atoms with Gasteiger partial charge in [-0.25, -0.2) is 0 Å². The van der Waals surface area contributed by atoms with Gasteiger partial charge >= 0.3 is 0 Å². The number of H-pyrrole nitrogens is 1. The van der Waals surface area contributed by atoms with Gasteiger partial charge in [-0.15, -0.1) is 0 Å². The highest BCUT2D eigenvalue weighted by Gasteiger charge is 2.25. The van der Waals surface area contributed by atoms with E-state index in [2.05, 4.69) is 88.6 Å². The first-order valence-electron chi connectivity index (χ1n) is 9.61. The number of hydrogen-bond donors (Lipinski definition) is 2. The van der Waals surface area contributed by atoms with Gasteiger partial charge in [0.25, 0.3) is 0 Å². The minimum absolute atomic E-state index is 0.213. The summed E-state index contributed by atoms with van der Waals surface area (Å²) in [6, 6.07) is 24.4. The van der Waals surface area contributed by atoms with Crippen molar-refractivity contribution in [3.8, 4) is 0 Å². The molecular weight excluding hydrogens is 330 g/mol. The molecule has 3 nitrogen and oxygen atoms in total. The zero-order chi connectivity index (χ0) is 18.0. The quantitative estimate of drug-likeness (QED) is 0.435. The second kappa shape index (κ2) is 5.48. The minimum atomic E-state index is 0.213. The lowest BCUT2D eigenvalue weighted by atomic mass is 9.93. The molecular formula is C24H21N3. The number of nitrogens with zero attached hydrogens (tertiary/aromatic N) is 1. The van der Waals surface area contributed by atoms with Crippen LogP contribution in [0.4, 0.5) is 0 Å². The van der Waals surface area contributed by atoms with Crippen molar-refractivity contribution in [3.05, 3.63) is 83.6 Å². The van der Waals surface area contributed by atoms with Crippen LogP contribution in [0, 0.1) is 0 Å². The fourth-order valence-corrected chi connectivity index (χ4v) is 4.83. The molecule has 2 aromatic heterocycles. The summed E-state index contributed by atoms with van der Waals surface area (Å²) in [4.78, 5) is 3.69. The Morgan fingerprint density at radius 3 is 2.56 bits per heavy atom. The summed E-state index contributed by atoms with van der Waals surface area (Å²) in [6.45, 7) is 1.01. The maximum Gasteiger partial charge on any atom is 0.0732 e. The SMILES string of the molecule is Cn1c2ccccc2c2cc([C@@H]3NCCc4c3[nH]c3ccccc43)ccc21. The van der Waals surface area contributed by atoms with Gasteiger partial charge in [0.1, 0.15) is 0 Å². The molecule has 0 radical (unpaired) electrons. The third-order valence-electron chi connectivity index (χ3n) is 6.13. The summed E-state index contributed by atoms with van der Waals surface area (Å²) >= 11 is 0. The Morgan fingerprint density at radius 1 is 0.852 bits per heavy atom. The molecule has 0 amide bonds. The van der Waals surface area contributed by atoms with E-state index in [0.29, 0.717) is 0 Å². The molecule has 0 aliphatic carbocycles. The van der Waals surface area contributed by atoms with E-state index in [-0.39, 0.29) is 6.04 Å². The van der Waals surface area contributed by atoms with Crippen molar-refractivity contribution in [2.24, 2.45) is 7.05 Å². The monoisotopic (exact) mass is 351 g/mol. The second-order valence-corrected chi connectivity index (χ2v) is 7.55. The van der Waals surface area contributed by atoms with Gasteiger partial charge in [0.05, 0.1) is 6.04 Å². The molecule has 0 bridgehead atoms. The lowest BCUT2D eigenvalue weighted by molar-refractivity contribution is 0.561. The van der Waals surface area contributed by atoms with Gasteiger partial charge in [-0.1, -0.05) is 42.5 Å². The summed E-state index contributed by atoms with van der Waals surface area (Å²) in [5.41, 5.74) is 7.92. The third kappa shape index (κ3) is 2.06. The standard InChI is InChI=1S/C24H21N3/c1-27-21-9-5-3-7-17(21)19-14-15(10-11-22(19)27)23-24-18(12-13-25-23)16-6-2-4-8-20(16)26-24/h2-11,14,23,25-26H,12-13H2,1H3/t23-/m0/s1. The van der Waals surface area contributed by atoms with Crippen LogP contribution in [-0.2, 0) is 13.5 Å². The Hall–Kier alpha value is -3.04. The molecule has 1 aliphatic rings. The molecule has 0 saturated carbocycles. The van der Waals surface area contributed by atoms with Gasteiger partial charge in [-0.05, 0) is 41.8 Å². The summed E-state index contributed by atoms with van der Waals surface area (Å²) in [5, 5.41) is 7.75. The van der Waals surface area contributed by atoms with E-state index in [1.165, 1.54) is 49.5 Å². The van der Waals surface area contributed by atoms with Crippen LogP contribution in [0.15, 0.2) is 66.7 Å². The Bertz CT molecular complexity index is 1320. The normalized spacial score (nSPS) is 17.0. The Morgan fingerprint density at radius 2 is 1.63 bits per heavy atom. The first kappa shape index (κ1) is 15.1. The average Bonchev–Trinajstić information content (AvgIpc) is 3.24. The van der Waals surface area contributed by atoms with Crippen molar-refractivity contribution in [1.82, 2.24) is 14.9 Å². The van der Waals surface area contributed by atoms with Crippen molar-refractivity contribution >= 4 is 32.7 Å². The van der Waals surface area contributed by atoms with E-state index in [0.717, 1.165) is 13.0 Å². The van der Waals surface area contributed by atoms with Crippen LogP contribution in [0.1, 0.15) is 22.9 Å². The van der Waals surface area contributed by atoms with Crippen LogP contribution in [0.5, 0.6) is 0 Å². The van der Waals surface area contributed by atoms with Crippen molar-refractivity contribution < 1.29 is 0 Å². The molecule has 1 atom stereocenters. The summed E-state index contributed by atoms with van der Waals surface area (Å²) in [5.74, 6) is 0. The zero-order valence-electron chi connectivity index (χ0n) is 15.3. The number of aromatic amines is 1. The Kier molecular flexibility index (Phi) is 3.06. The maximum atomic E-state index is 3.73. The highest BCUT2D eigenvalue weighted by molar-refractivity contribution is 6.08. The number of para-hydroxylation sites is 2. The van der Waals surface area contributed by atoms with Gasteiger partial charge in [-0.2, -0.15) is 0 Å².